The van der Waals surface area contributed by atoms with Crippen molar-refractivity contribution in [3.8, 4) is 12.1 Å². The standard InChI is InChI=1S/C12H12N2O/c1-9(2)6-11(10(7-13)8-14)12-4-3-5-15-12/h3-5,10-11H,1,6H2,2H3. The molecule has 1 unspecified atom stereocenters. The van der Waals surface area contributed by atoms with Gasteiger partial charge in [0.15, 0.2) is 0 Å². The second kappa shape index (κ2) is 5.02. The lowest BCUT2D eigenvalue weighted by molar-refractivity contribution is 0.435. The molecule has 1 aromatic rings. The van der Waals surface area contributed by atoms with Crippen LogP contribution in [0.25, 0.3) is 0 Å². The van der Waals surface area contributed by atoms with Crippen LogP contribution in [0.1, 0.15) is 25.0 Å². The van der Waals surface area contributed by atoms with Gasteiger partial charge in [0.2, 0.25) is 0 Å². The van der Waals surface area contributed by atoms with E-state index in [4.69, 9.17) is 14.9 Å². The average Bonchev–Trinajstić information content (AvgIpc) is 2.70. The fourth-order valence-electron chi connectivity index (χ4n) is 1.47. The summed E-state index contributed by atoms with van der Waals surface area (Å²) in [6.07, 6.45) is 2.14. The molecule has 0 saturated heterocycles. The van der Waals surface area contributed by atoms with E-state index in [-0.39, 0.29) is 5.92 Å². The minimum Gasteiger partial charge on any atom is -0.469 e. The third-order valence-electron chi connectivity index (χ3n) is 2.16. The molecule has 0 bridgehead atoms. The molecule has 1 heterocycles. The fourth-order valence-corrected chi connectivity index (χ4v) is 1.47. The second-order valence-corrected chi connectivity index (χ2v) is 3.52. The molecule has 3 heteroatoms. The minimum atomic E-state index is -0.687. The molecular formula is C12H12N2O. The van der Waals surface area contributed by atoms with Crippen LogP contribution in [0.5, 0.6) is 0 Å². The normalized spacial score (nSPS) is 11.7. The Morgan fingerprint density at radius 2 is 2.20 bits per heavy atom. The molecule has 1 aromatic heterocycles. The van der Waals surface area contributed by atoms with Gasteiger partial charge in [-0.3, -0.25) is 0 Å². The topological polar surface area (TPSA) is 60.7 Å². The Morgan fingerprint density at radius 1 is 1.53 bits per heavy atom. The highest BCUT2D eigenvalue weighted by Gasteiger charge is 2.25. The first-order valence-electron chi connectivity index (χ1n) is 4.66. The monoisotopic (exact) mass is 200 g/mol. The van der Waals surface area contributed by atoms with Gasteiger partial charge in [0.1, 0.15) is 11.7 Å². The van der Waals surface area contributed by atoms with Crippen molar-refractivity contribution in [2.75, 3.05) is 0 Å². The first kappa shape index (κ1) is 11.1. The van der Waals surface area contributed by atoms with Gasteiger partial charge in [-0.2, -0.15) is 10.5 Å². The van der Waals surface area contributed by atoms with Gasteiger partial charge in [-0.25, -0.2) is 0 Å². The number of furan rings is 1. The minimum absolute atomic E-state index is 0.215. The summed E-state index contributed by atoms with van der Waals surface area (Å²) in [7, 11) is 0. The molecule has 0 fully saturated rings. The van der Waals surface area contributed by atoms with Crippen LogP contribution in [-0.4, -0.2) is 0 Å². The summed E-state index contributed by atoms with van der Waals surface area (Å²) in [6, 6.07) is 7.51. The van der Waals surface area contributed by atoms with Gasteiger partial charge in [-0.15, -0.1) is 6.58 Å². The van der Waals surface area contributed by atoms with Crippen LogP contribution in [0, 0.1) is 28.6 Å². The maximum atomic E-state index is 8.86. The molecular weight excluding hydrogens is 188 g/mol. The Labute approximate surface area is 89.2 Å². The van der Waals surface area contributed by atoms with Crippen molar-refractivity contribution < 1.29 is 4.42 Å². The van der Waals surface area contributed by atoms with Gasteiger partial charge < -0.3 is 4.42 Å². The number of hydrogen-bond donors (Lipinski definition) is 0. The summed E-state index contributed by atoms with van der Waals surface area (Å²) in [6.45, 7) is 5.67. The van der Waals surface area contributed by atoms with Crippen molar-refractivity contribution in [2.24, 2.45) is 5.92 Å². The molecule has 15 heavy (non-hydrogen) atoms. The molecule has 0 amide bonds. The summed E-state index contributed by atoms with van der Waals surface area (Å²) in [4.78, 5) is 0. The number of allylic oxidation sites excluding steroid dienone is 1. The van der Waals surface area contributed by atoms with E-state index in [0.717, 1.165) is 5.57 Å². The smallest absolute Gasteiger partial charge is 0.143 e. The van der Waals surface area contributed by atoms with Crippen molar-refractivity contribution in [3.05, 3.63) is 36.3 Å². The first-order chi connectivity index (χ1) is 7.19. The molecule has 0 aliphatic heterocycles. The molecule has 0 N–H and O–H groups in total. The van der Waals surface area contributed by atoms with Gasteiger partial charge >= 0.3 is 0 Å². The van der Waals surface area contributed by atoms with E-state index in [1.54, 1.807) is 18.4 Å². The van der Waals surface area contributed by atoms with E-state index in [2.05, 4.69) is 6.58 Å². The van der Waals surface area contributed by atoms with Crippen LogP contribution in [0.15, 0.2) is 35.0 Å². The Balaban J connectivity index is 2.94. The van der Waals surface area contributed by atoms with Crippen molar-refractivity contribution in [1.29, 1.82) is 10.5 Å². The third-order valence-corrected chi connectivity index (χ3v) is 2.16. The van der Waals surface area contributed by atoms with Crippen LogP contribution < -0.4 is 0 Å². The molecule has 0 aliphatic rings. The largest absolute Gasteiger partial charge is 0.469 e. The van der Waals surface area contributed by atoms with Crippen LogP contribution in [0.2, 0.25) is 0 Å². The molecule has 3 nitrogen and oxygen atoms in total. The van der Waals surface area contributed by atoms with Gasteiger partial charge in [-0.05, 0) is 25.5 Å². The zero-order valence-electron chi connectivity index (χ0n) is 8.60. The van der Waals surface area contributed by atoms with E-state index >= 15 is 0 Å². The zero-order valence-corrected chi connectivity index (χ0v) is 8.60. The maximum Gasteiger partial charge on any atom is 0.143 e. The Hall–Kier alpha value is -2.00. The zero-order chi connectivity index (χ0) is 11.3. The molecule has 0 aromatic carbocycles. The Kier molecular flexibility index (Phi) is 3.71. The average molecular weight is 200 g/mol. The molecule has 0 radical (unpaired) electrons. The van der Waals surface area contributed by atoms with Gasteiger partial charge in [0.05, 0.1) is 18.4 Å². The van der Waals surface area contributed by atoms with Crippen LogP contribution in [0.4, 0.5) is 0 Å². The van der Waals surface area contributed by atoms with Crippen molar-refractivity contribution in [2.45, 2.75) is 19.3 Å². The Bertz CT molecular complexity index is 392. The molecule has 0 saturated carbocycles. The Morgan fingerprint density at radius 3 is 2.60 bits per heavy atom. The summed E-state index contributed by atoms with van der Waals surface area (Å²) >= 11 is 0. The summed E-state index contributed by atoms with van der Waals surface area (Å²) in [5.41, 5.74) is 0.937. The molecule has 0 spiro atoms. The molecule has 1 atom stereocenters. The van der Waals surface area contributed by atoms with E-state index in [9.17, 15) is 0 Å². The molecule has 0 aliphatic carbocycles. The van der Waals surface area contributed by atoms with Crippen molar-refractivity contribution in [1.82, 2.24) is 0 Å². The van der Waals surface area contributed by atoms with Crippen LogP contribution >= 0.6 is 0 Å². The van der Waals surface area contributed by atoms with Crippen molar-refractivity contribution in [3.63, 3.8) is 0 Å². The highest BCUT2D eigenvalue weighted by atomic mass is 16.3. The van der Waals surface area contributed by atoms with E-state index < -0.39 is 5.92 Å². The summed E-state index contributed by atoms with van der Waals surface area (Å²) in [5, 5.41) is 17.7. The van der Waals surface area contributed by atoms with Crippen molar-refractivity contribution >= 4 is 0 Å². The lowest BCUT2D eigenvalue weighted by atomic mass is 9.87. The molecule has 1 rings (SSSR count). The summed E-state index contributed by atoms with van der Waals surface area (Å²) in [5.74, 6) is -0.230. The van der Waals surface area contributed by atoms with Gasteiger partial charge in [0, 0.05) is 5.92 Å². The van der Waals surface area contributed by atoms with E-state index in [1.807, 2.05) is 19.1 Å². The fraction of sp³-hybridized carbons (Fsp3) is 0.333. The number of nitrogens with zero attached hydrogens (tertiary/aromatic N) is 2. The SMILES string of the molecule is C=C(C)CC(c1ccco1)C(C#N)C#N. The predicted octanol–water partition coefficient (Wildman–Crippen LogP) is 2.99. The second-order valence-electron chi connectivity index (χ2n) is 3.52. The third kappa shape index (κ3) is 2.72. The van der Waals surface area contributed by atoms with Gasteiger partial charge in [-0.1, -0.05) is 5.57 Å². The van der Waals surface area contributed by atoms with Crippen LogP contribution in [0.3, 0.4) is 0 Å². The lowest BCUT2D eigenvalue weighted by Crippen LogP contribution is -2.09. The summed E-state index contributed by atoms with van der Waals surface area (Å²) < 4.78 is 5.24. The highest BCUT2D eigenvalue weighted by molar-refractivity contribution is 5.19. The van der Waals surface area contributed by atoms with E-state index in [0.29, 0.717) is 12.2 Å². The quantitative estimate of drug-likeness (QED) is 0.702. The maximum absolute atomic E-state index is 8.86. The highest BCUT2D eigenvalue weighted by Crippen LogP contribution is 2.30. The molecule has 76 valence electrons. The van der Waals surface area contributed by atoms with E-state index in [1.165, 1.54) is 0 Å². The number of hydrogen-bond acceptors (Lipinski definition) is 3. The van der Waals surface area contributed by atoms with Gasteiger partial charge in [0.25, 0.3) is 0 Å². The number of nitriles is 2. The number of rotatable bonds is 4. The first-order valence-corrected chi connectivity index (χ1v) is 4.66. The lowest BCUT2D eigenvalue weighted by Gasteiger charge is -2.14. The predicted molar refractivity (Wildman–Crippen MR) is 55.6 cm³/mol. The van der Waals surface area contributed by atoms with Crippen LogP contribution in [-0.2, 0) is 0 Å².